The summed E-state index contributed by atoms with van der Waals surface area (Å²) in [5.74, 6) is 1.54. The molecular formula is C21H16O4S. The lowest BCUT2D eigenvalue weighted by atomic mass is 10.0. The maximum absolute atomic E-state index is 12.9. The molecule has 0 saturated heterocycles. The summed E-state index contributed by atoms with van der Waals surface area (Å²) < 4.78 is 17.2. The van der Waals surface area contributed by atoms with Gasteiger partial charge in [0.15, 0.2) is 11.0 Å². The first kappa shape index (κ1) is 16.4. The lowest BCUT2D eigenvalue weighted by molar-refractivity contribution is 0.397. The summed E-state index contributed by atoms with van der Waals surface area (Å²) in [6.07, 6.45) is 0. The Balaban J connectivity index is 2.14. The van der Waals surface area contributed by atoms with Crippen LogP contribution in [0.15, 0.2) is 68.5 Å². The van der Waals surface area contributed by atoms with E-state index in [0.717, 1.165) is 16.7 Å². The molecule has 0 aliphatic carbocycles. The Kier molecular flexibility index (Phi) is 4.22. The molecule has 0 atom stereocenters. The van der Waals surface area contributed by atoms with Gasteiger partial charge in [0.05, 0.1) is 19.8 Å². The SMILES string of the molecule is COc1cc(OC)c2c(=O)cc(-c3ccccc3)oc2c1-c1ccsc1. The molecule has 0 saturated carbocycles. The van der Waals surface area contributed by atoms with Gasteiger partial charge in [0, 0.05) is 17.7 Å². The number of ether oxygens (including phenoxy) is 2. The molecule has 0 spiro atoms. The van der Waals surface area contributed by atoms with Crippen molar-refractivity contribution in [2.24, 2.45) is 0 Å². The van der Waals surface area contributed by atoms with Crippen LogP contribution in [0.1, 0.15) is 0 Å². The highest BCUT2D eigenvalue weighted by Crippen LogP contribution is 2.42. The predicted octanol–water partition coefficient (Wildman–Crippen LogP) is 5.21. The van der Waals surface area contributed by atoms with Crippen LogP contribution in [0.5, 0.6) is 11.5 Å². The highest BCUT2D eigenvalue weighted by molar-refractivity contribution is 7.08. The second-order valence-electron chi connectivity index (χ2n) is 5.71. The molecule has 2 heterocycles. The standard InChI is InChI=1S/C21H16O4S/c1-23-17-11-18(24-2)20-15(22)10-16(13-6-4-3-5-7-13)25-21(20)19(17)14-8-9-26-12-14/h3-12H,1-2H3. The molecule has 0 unspecified atom stereocenters. The van der Waals surface area contributed by atoms with Gasteiger partial charge in [-0.2, -0.15) is 11.3 Å². The zero-order valence-electron chi connectivity index (χ0n) is 14.3. The molecule has 0 radical (unpaired) electrons. The molecule has 4 aromatic rings. The summed E-state index contributed by atoms with van der Waals surface area (Å²) in [5.41, 5.74) is 2.84. The third-order valence-corrected chi connectivity index (χ3v) is 4.92. The average Bonchev–Trinajstić information content (AvgIpc) is 3.21. The van der Waals surface area contributed by atoms with E-state index >= 15 is 0 Å². The molecule has 2 aromatic heterocycles. The van der Waals surface area contributed by atoms with Gasteiger partial charge in [0.25, 0.3) is 0 Å². The van der Waals surface area contributed by atoms with Crippen molar-refractivity contribution in [2.45, 2.75) is 0 Å². The first-order valence-corrected chi connectivity index (χ1v) is 8.98. The maximum Gasteiger partial charge on any atom is 0.197 e. The molecule has 4 nitrogen and oxygen atoms in total. The Morgan fingerprint density at radius 2 is 1.69 bits per heavy atom. The van der Waals surface area contributed by atoms with Crippen LogP contribution < -0.4 is 14.9 Å². The normalized spacial score (nSPS) is 10.8. The fraction of sp³-hybridized carbons (Fsp3) is 0.0952. The van der Waals surface area contributed by atoms with E-state index in [1.54, 1.807) is 24.5 Å². The minimum Gasteiger partial charge on any atom is -0.496 e. The van der Waals surface area contributed by atoms with E-state index in [9.17, 15) is 4.79 Å². The number of thiophene rings is 1. The van der Waals surface area contributed by atoms with Crippen LogP contribution in [0.2, 0.25) is 0 Å². The second-order valence-corrected chi connectivity index (χ2v) is 6.49. The van der Waals surface area contributed by atoms with Gasteiger partial charge in [-0.25, -0.2) is 0 Å². The van der Waals surface area contributed by atoms with Crippen molar-refractivity contribution in [3.63, 3.8) is 0 Å². The molecular weight excluding hydrogens is 348 g/mol. The minimum absolute atomic E-state index is 0.152. The van der Waals surface area contributed by atoms with Crippen molar-refractivity contribution in [1.82, 2.24) is 0 Å². The first-order valence-electron chi connectivity index (χ1n) is 8.03. The zero-order valence-corrected chi connectivity index (χ0v) is 15.1. The fourth-order valence-electron chi connectivity index (χ4n) is 3.02. The number of hydrogen-bond donors (Lipinski definition) is 0. The van der Waals surface area contributed by atoms with Gasteiger partial charge in [0.2, 0.25) is 0 Å². The van der Waals surface area contributed by atoms with E-state index in [1.165, 1.54) is 13.2 Å². The van der Waals surface area contributed by atoms with Crippen LogP contribution in [-0.4, -0.2) is 14.2 Å². The molecule has 0 aliphatic heterocycles. The number of methoxy groups -OCH3 is 2. The second kappa shape index (κ2) is 6.69. The predicted molar refractivity (Wildman–Crippen MR) is 104 cm³/mol. The Hall–Kier alpha value is -3.05. The summed E-state index contributed by atoms with van der Waals surface area (Å²) in [6, 6.07) is 14.8. The smallest absolute Gasteiger partial charge is 0.197 e. The van der Waals surface area contributed by atoms with E-state index in [4.69, 9.17) is 13.9 Å². The highest BCUT2D eigenvalue weighted by Gasteiger charge is 2.21. The molecule has 0 bridgehead atoms. The summed E-state index contributed by atoms with van der Waals surface area (Å²) in [5, 5.41) is 4.39. The largest absolute Gasteiger partial charge is 0.496 e. The number of fused-ring (bicyclic) bond motifs is 1. The monoisotopic (exact) mass is 364 g/mol. The van der Waals surface area contributed by atoms with E-state index in [-0.39, 0.29) is 5.43 Å². The van der Waals surface area contributed by atoms with Gasteiger partial charge in [-0.1, -0.05) is 30.3 Å². The topological polar surface area (TPSA) is 48.7 Å². The van der Waals surface area contributed by atoms with Gasteiger partial charge in [-0.05, 0) is 22.4 Å². The van der Waals surface area contributed by atoms with Crippen LogP contribution >= 0.6 is 11.3 Å². The third kappa shape index (κ3) is 2.66. The van der Waals surface area contributed by atoms with Crippen molar-refractivity contribution < 1.29 is 13.9 Å². The molecule has 0 amide bonds. The summed E-state index contributed by atoms with van der Waals surface area (Å²) in [7, 11) is 3.12. The first-order chi connectivity index (χ1) is 12.7. The Morgan fingerprint density at radius 1 is 0.923 bits per heavy atom. The quantitative estimate of drug-likeness (QED) is 0.499. The maximum atomic E-state index is 12.9. The fourth-order valence-corrected chi connectivity index (χ4v) is 3.67. The van der Waals surface area contributed by atoms with Crippen molar-refractivity contribution >= 4 is 22.3 Å². The number of hydrogen-bond acceptors (Lipinski definition) is 5. The Bertz CT molecular complexity index is 1110. The summed E-state index contributed by atoms with van der Waals surface area (Å²) in [4.78, 5) is 12.9. The molecule has 0 fully saturated rings. The van der Waals surface area contributed by atoms with E-state index in [1.807, 2.05) is 47.2 Å². The van der Waals surface area contributed by atoms with E-state index in [0.29, 0.717) is 28.2 Å². The van der Waals surface area contributed by atoms with Gasteiger partial charge in [-0.3, -0.25) is 4.79 Å². The molecule has 130 valence electrons. The van der Waals surface area contributed by atoms with Crippen molar-refractivity contribution in [3.05, 3.63) is 69.5 Å². The van der Waals surface area contributed by atoms with Crippen molar-refractivity contribution in [3.8, 4) is 33.9 Å². The lowest BCUT2D eigenvalue weighted by Gasteiger charge is -2.14. The average molecular weight is 364 g/mol. The highest BCUT2D eigenvalue weighted by atomic mass is 32.1. The summed E-state index contributed by atoms with van der Waals surface area (Å²) in [6.45, 7) is 0. The van der Waals surface area contributed by atoms with Crippen LogP contribution in [0.25, 0.3) is 33.4 Å². The van der Waals surface area contributed by atoms with Crippen LogP contribution in [0.4, 0.5) is 0 Å². The Labute approximate surface area is 154 Å². The van der Waals surface area contributed by atoms with Crippen molar-refractivity contribution in [1.29, 1.82) is 0 Å². The molecule has 0 N–H and O–H groups in total. The molecule has 4 rings (SSSR count). The van der Waals surface area contributed by atoms with E-state index in [2.05, 4.69) is 0 Å². The minimum atomic E-state index is -0.152. The molecule has 26 heavy (non-hydrogen) atoms. The Morgan fingerprint density at radius 3 is 2.35 bits per heavy atom. The summed E-state index contributed by atoms with van der Waals surface area (Å²) >= 11 is 1.57. The molecule has 0 aliphatic rings. The number of benzene rings is 2. The molecule has 2 aromatic carbocycles. The third-order valence-electron chi connectivity index (χ3n) is 4.24. The molecule has 5 heteroatoms. The van der Waals surface area contributed by atoms with E-state index < -0.39 is 0 Å². The zero-order chi connectivity index (χ0) is 18.1. The number of rotatable bonds is 4. The van der Waals surface area contributed by atoms with Crippen LogP contribution in [0.3, 0.4) is 0 Å². The van der Waals surface area contributed by atoms with Crippen LogP contribution in [0, 0.1) is 0 Å². The van der Waals surface area contributed by atoms with Gasteiger partial charge in [-0.15, -0.1) is 0 Å². The van der Waals surface area contributed by atoms with Gasteiger partial charge < -0.3 is 13.9 Å². The van der Waals surface area contributed by atoms with Gasteiger partial charge >= 0.3 is 0 Å². The van der Waals surface area contributed by atoms with Crippen molar-refractivity contribution in [2.75, 3.05) is 14.2 Å². The lowest BCUT2D eigenvalue weighted by Crippen LogP contribution is -2.04. The van der Waals surface area contributed by atoms with Gasteiger partial charge in [0.1, 0.15) is 22.6 Å². The van der Waals surface area contributed by atoms with Crippen LogP contribution in [-0.2, 0) is 0 Å².